The summed E-state index contributed by atoms with van der Waals surface area (Å²) in [6, 6.07) is 6.93. The highest BCUT2D eigenvalue weighted by Crippen LogP contribution is 2.39. The molecule has 1 aliphatic rings. The quantitative estimate of drug-likeness (QED) is 0.721. The number of urea groups is 1. The third kappa shape index (κ3) is 4.52. The summed E-state index contributed by atoms with van der Waals surface area (Å²) in [5.41, 5.74) is -0.545. The minimum Gasteiger partial charge on any atom is -0.487 e. The summed E-state index contributed by atoms with van der Waals surface area (Å²) in [5, 5.41) is 15.6. The zero-order valence-electron chi connectivity index (χ0n) is 12.9. The predicted molar refractivity (Wildman–Crippen MR) is 86.3 cm³/mol. The summed E-state index contributed by atoms with van der Waals surface area (Å²) < 4.78 is 5.69. The molecule has 0 saturated heterocycles. The lowest BCUT2D eigenvalue weighted by atomic mass is 9.97. The number of halogens is 1. The van der Waals surface area contributed by atoms with Gasteiger partial charge < -0.3 is 20.5 Å². The summed E-state index contributed by atoms with van der Waals surface area (Å²) in [7, 11) is 0. The molecule has 6 heteroatoms. The molecule has 5 nitrogen and oxygen atoms in total. The highest BCUT2D eigenvalue weighted by molar-refractivity contribution is 6.32. The molecule has 2 unspecified atom stereocenters. The average molecular weight is 327 g/mol. The largest absolute Gasteiger partial charge is 0.487 e. The summed E-state index contributed by atoms with van der Waals surface area (Å²) in [6.45, 7) is 4.02. The van der Waals surface area contributed by atoms with Gasteiger partial charge in [0.25, 0.3) is 0 Å². The van der Waals surface area contributed by atoms with Crippen molar-refractivity contribution in [2.24, 2.45) is 5.92 Å². The van der Waals surface area contributed by atoms with Crippen LogP contribution in [0.1, 0.15) is 26.7 Å². The Morgan fingerprint density at radius 2 is 2.18 bits per heavy atom. The summed E-state index contributed by atoms with van der Waals surface area (Å²) >= 11 is 6.03. The highest BCUT2D eigenvalue weighted by atomic mass is 35.5. The van der Waals surface area contributed by atoms with Gasteiger partial charge in [-0.1, -0.05) is 23.7 Å². The molecule has 0 radical (unpaired) electrons. The Morgan fingerprint density at radius 3 is 2.77 bits per heavy atom. The van der Waals surface area contributed by atoms with Crippen LogP contribution in [0.3, 0.4) is 0 Å². The molecule has 0 bridgehead atoms. The first-order valence-electron chi connectivity index (χ1n) is 7.52. The molecule has 2 atom stereocenters. The van der Waals surface area contributed by atoms with Crippen LogP contribution in [0.15, 0.2) is 24.3 Å². The number of aliphatic hydroxyl groups is 1. The number of hydrogen-bond acceptors (Lipinski definition) is 3. The maximum atomic E-state index is 12.0. The first kappa shape index (κ1) is 16.9. The Balaban J connectivity index is 1.77. The van der Waals surface area contributed by atoms with Crippen LogP contribution in [-0.4, -0.2) is 35.9 Å². The van der Waals surface area contributed by atoms with E-state index in [1.54, 1.807) is 12.1 Å². The standard InChI is InChI=1S/C16H23ClN2O3/c1-11(22-14-6-4-3-5-13(14)17)9-18-15(21)19-16(2,10-20)12-7-8-12/h3-6,11-12,20H,7-10H2,1-2H3,(H2,18,19,21). The molecule has 2 amide bonds. The Kier molecular flexibility index (Phi) is 5.53. The van der Waals surface area contributed by atoms with Crippen molar-refractivity contribution in [2.45, 2.75) is 38.3 Å². The maximum absolute atomic E-state index is 12.0. The van der Waals surface area contributed by atoms with Gasteiger partial charge in [-0.25, -0.2) is 4.79 Å². The van der Waals surface area contributed by atoms with Crippen molar-refractivity contribution in [2.75, 3.05) is 13.2 Å². The molecule has 1 fully saturated rings. The number of carbonyl (C=O) groups is 1. The zero-order chi connectivity index (χ0) is 16.2. The summed E-state index contributed by atoms with van der Waals surface area (Å²) in [5.74, 6) is 0.956. The van der Waals surface area contributed by atoms with Crippen molar-refractivity contribution in [3.63, 3.8) is 0 Å². The van der Waals surface area contributed by atoms with Gasteiger partial charge in [-0.05, 0) is 44.7 Å². The van der Waals surface area contributed by atoms with Crippen LogP contribution in [0.4, 0.5) is 4.79 Å². The molecule has 22 heavy (non-hydrogen) atoms. The molecule has 0 spiro atoms. The van der Waals surface area contributed by atoms with E-state index in [0.717, 1.165) is 12.8 Å². The Hall–Kier alpha value is -1.46. The Bertz CT molecular complexity index is 522. The van der Waals surface area contributed by atoms with Gasteiger partial charge in [0.1, 0.15) is 11.9 Å². The van der Waals surface area contributed by atoms with Gasteiger partial charge in [-0.3, -0.25) is 0 Å². The van der Waals surface area contributed by atoms with Crippen molar-refractivity contribution < 1.29 is 14.6 Å². The molecular weight excluding hydrogens is 304 g/mol. The number of rotatable bonds is 7. The van der Waals surface area contributed by atoms with Crippen LogP contribution in [-0.2, 0) is 0 Å². The fourth-order valence-corrected chi connectivity index (χ4v) is 2.51. The van der Waals surface area contributed by atoms with Gasteiger partial charge in [0.15, 0.2) is 0 Å². The maximum Gasteiger partial charge on any atom is 0.315 e. The minimum atomic E-state index is -0.545. The number of benzene rings is 1. The van der Waals surface area contributed by atoms with Crippen molar-refractivity contribution in [1.82, 2.24) is 10.6 Å². The smallest absolute Gasteiger partial charge is 0.315 e. The number of carbonyl (C=O) groups excluding carboxylic acids is 1. The van der Waals surface area contributed by atoms with Crippen LogP contribution in [0.5, 0.6) is 5.75 Å². The van der Waals surface area contributed by atoms with Crippen molar-refractivity contribution in [3.8, 4) is 5.75 Å². The number of ether oxygens (including phenoxy) is 1. The molecule has 1 aliphatic carbocycles. The van der Waals surface area contributed by atoms with Gasteiger partial charge >= 0.3 is 6.03 Å². The van der Waals surface area contributed by atoms with Gasteiger partial charge in [-0.2, -0.15) is 0 Å². The van der Waals surface area contributed by atoms with E-state index in [1.807, 2.05) is 26.0 Å². The van der Waals surface area contributed by atoms with Crippen molar-refractivity contribution in [1.29, 1.82) is 0 Å². The molecule has 0 heterocycles. The van der Waals surface area contributed by atoms with Crippen LogP contribution >= 0.6 is 11.6 Å². The van der Waals surface area contributed by atoms with Gasteiger partial charge in [-0.15, -0.1) is 0 Å². The van der Waals surface area contributed by atoms with Crippen LogP contribution in [0.25, 0.3) is 0 Å². The van der Waals surface area contributed by atoms with E-state index in [-0.39, 0.29) is 18.7 Å². The monoisotopic (exact) mass is 326 g/mol. The molecule has 3 N–H and O–H groups in total. The number of para-hydroxylation sites is 1. The third-order valence-electron chi connectivity index (χ3n) is 3.92. The van der Waals surface area contributed by atoms with Gasteiger partial charge in [0.05, 0.1) is 23.7 Å². The van der Waals surface area contributed by atoms with Crippen LogP contribution in [0, 0.1) is 5.92 Å². The molecule has 1 aromatic rings. The molecule has 122 valence electrons. The van der Waals surface area contributed by atoms with Crippen molar-refractivity contribution >= 4 is 17.6 Å². The SMILES string of the molecule is CC(CNC(=O)NC(C)(CO)C1CC1)Oc1ccccc1Cl. The second kappa shape index (κ2) is 7.20. The minimum absolute atomic E-state index is 0.0588. The molecule has 2 rings (SSSR count). The number of hydrogen-bond donors (Lipinski definition) is 3. The molecule has 1 aromatic carbocycles. The first-order valence-corrected chi connectivity index (χ1v) is 7.90. The Labute approximate surface area is 136 Å². The number of amides is 2. The van der Waals surface area contributed by atoms with Gasteiger partial charge in [0, 0.05) is 0 Å². The average Bonchev–Trinajstić information content (AvgIpc) is 3.32. The molecule has 1 saturated carbocycles. The van der Waals surface area contributed by atoms with E-state index in [1.165, 1.54) is 0 Å². The lowest BCUT2D eigenvalue weighted by Gasteiger charge is -2.29. The highest BCUT2D eigenvalue weighted by Gasteiger charge is 2.42. The summed E-state index contributed by atoms with van der Waals surface area (Å²) in [4.78, 5) is 12.0. The summed E-state index contributed by atoms with van der Waals surface area (Å²) in [6.07, 6.45) is 1.87. The van der Waals surface area contributed by atoms with Crippen molar-refractivity contribution in [3.05, 3.63) is 29.3 Å². The van der Waals surface area contributed by atoms with E-state index >= 15 is 0 Å². The Morgan fingerprint density at radius 1 is 1.50 bits per heavy atom. The third-order valence-corrected chi connectivity index (χ3v) is 4.23. The topological polar surface area (TPSA) is 70.6 Å². The lowest BCUT2D eigenvalue weighted by Crippen LogP contribution is -2.55. The fraction of sp³-hybridized carbons (Fsp3) is 0.562. The number of aliphatic hydroxyl groups excluding tert-OH is 1. The molecule has 0 aliphatic heterocycles. The lowest BCUT2D eigenvalue weighted by molar-refractivity contribution is 0.152. The first-order chi connectivity index (χ1) is 10.4. The molecular formula is C16H23ClN2O3. The van der Waals surface area contributed by atoms with E-state index in [2.05, 4.69) is 10.6 Å². The van der Waals surface area contributed by atoms with Crippen LogP contribution < -0.4 is 15.4 Å². The second-order valence-corrected chi connectivity index (χ2v) is 6.45. The second-order valence-electron chi connectivity index (χ2n) is 6.04. The fourth-order valence-electron chi connectivity index (χ4n) is 2.33. The zero-order valence-corrected chi connectivity index (χ0v) is 13.7. The molecule has 0 aromatic heterocycles. The van der Waals surface area contributed by atoms with E-state index in [0.29, 0.717) is 23.2 Å². The van der Waals surface area contributed by atoms with E-state index in [4.69, 9.17) is 16.3 Å². The normalized spacial score (nSPS) is 18.2. The van der Waals surface area contributed by atoms with Crippen LogP contribution in [0.2, 0.25) is 5.02 Å². The predicted octanol–water partition coefficient (Wildman–Crippen LogP) is 2.57. The van der Waals surface area contributed by atoms with Gasteiger partial charge in [0.2, 0.25) is 0 Å². The van der Waals surface area contributed by atoms with E-state index < -0.39 is 5.54 Å². The number of nitrogens with one attached hydrogen (secondary N) is 2. The van der Waals surface area contributed by atoms with E-state index in [9.17, 15) is 9.90 Å².